The molecule has 0 bridgehead atoms. The van der Waals surface area contributed by atoms with Gasteiger partial charge in [-0.1, -0.05) is 0 Å². The average molecular weight is 253 g/mol. The molecular weight excluding hydrogens is 230 g/mol. The summed E-state index contributed by atoms with van der Waals surface area (Å²) in [6.45, 7) is 6.99. The minimum absolute atomic E-state index is 0.0482. The largest absolute Gasteiger partial charge is 0.493 e. The lowest BCUT2D eigenvalue weighted by atomic mass is 10.1. The number of benzene rings is 1. The van der Waals surface area contributed by atoms with Crippen LogP contribution in [-0.4, -0.2) is 24.9 Å². The molecule has 0 fully saturated rings. The normalized spacial score (nSPS) is 11.4. The molecule has 1 aromatic rings. The predicted octanol–water partition coefficient (Wildman–Crippen LogP) is 2.08. The first-order valence-corrected chi connectivity index (χ1v) is 6.01. The molecule has 4 heteroatoms. The number of hydrogen-bond acceptors (Lipinski definition) is 4. The number of ether oxygens (including phenoxy) is 2. The summed E-state index contributed by atoms with van der Waals surface area (Å²) in [6.07, 6.45) is 0. The lowest BCUT2D eigenvalue weighted by molar-refractivity contribution is 0.269. The summed E-state index contributed by atoms with van der Waals surface area (Å²) in [7, 11) is 3.17. The molecule has 0 aliphatic carbocycles. The molecule has 2 N–H and O–H groups in total. The van der Waals surface area contributed by atoms with Gasteiger partial charge >= 0.3 is 0 Å². The number of aliphatic hydroxyl groups is 1. The fourth-order valence-corrected chi connectivity index (χ4v) is 1.69. The lowest BCUT2D eigenvalue weighted by Gasteiger charge is -2.21. The Morgan fingerprint density at radius 2 is 1.83 bits per heavy atom. The molecule has 0 saturated heterocycles. The maximum atomic E-state index is 9.37. The van der Waals surface area contributed by atoms with Crippen LogP contribution in [0.15, 0.2) is 12.1 Å². The highest BCUT2D eigenvalue weighted by Gasteiger charge is 2.13. The maximum Gasteiger partial charge on any atom is 0.166 e. The third-order valence-electron chi connectivity index (χ3n) is 2.61. The van der Waals surface area contributed by atoms with Crippen molar-refractivity contribution in [1.29, 1.82) is 0 Å². The third-order valence-corrected chi connectivity index (χ3v) is 2.61. The Morgan fingerprint density at radius 1 is 1.17 bits per heavy atom. The Labute approximate surface area is 109 Å². The molecule has 0 atom stereocenters. The van der Waals surface area contributed by atoms with Crippen LogP contribution < -0.4 is 14.8 Å². The third kappa shape index (κ3) is 3.89. The van der Waals surface area contributed by atoms with E-state index in [1.807, 2.05) is 12.1 Å². The summed E-state index contributed by atoms with van der Waals surface area (Å²) in [5, 5.41) is 12.8. The highest BCUT2D eigenvalue weighted by molar-refractivity contribution is 5.49. The van der Waals surface area contributed by atoms with Crippen LogP contribution >= 0.6 is 0 Å². The van der Waals surface area contributed by atoms with Gasteiger partial charge in [0.25, 0.3) is 0 Å². The Kier molecular flexibility index (Phi) is 4.99. The van der Waals surface area contributed by atoms with Crippen LogP contribution in [0.2, 0.25) is 0 Å². The zero-order valence-corrected chi connectivity index (χ0v) is 11.8. The molecule has 4 nitrogen and oxygen atoms in total. The van der Waals surface area contributed by atoms with Crippen LogP contribution in [0.3, 0.4) is 0 Å². The van der Waals surface area contributed by atoms with Gasteiger partial charge in [0.2, 0.25) is 0 Å². The van der Waals surface area contributed by atoms with Gasteiger partial charge in [-0.2, -0.15) is 0 Å². The Hall–Kier alpha value is -1.26. The summed E-state index contributed by atoms with van der Waals surface area (Å²) in [5.41, 5.74) is 1.85. The van der Waals surface area contributed by atoms with E-state index < -0.39 is 0 Å². The molecule has 102 valence electrons. The van der Waals surface area contributed by atoms with Crippen LogP contribution in [0, 0.1) is 0 Å². The number of rotatable bonds is 5. The molecule has 0 amide bonds. The predicted molar refractivity (Wildman–Crippen MR) is 72.1 cm³/mol. The molecule has 0 aliphatic rings. The minimum atomic E-state index is -0.0666. The summed E-state index contributed by atoms with van der Waals surface area (Å²) in [6, 6.07) is 3.86. The molecular formula is C14H23NO3. The van der Waals surface area contributed by atoms with Gasteiger partial charge in [0, 0.05) is 17.6 Å². The van der Waals surface area contributed by atoms with Gasteiger partial charge in [-0.3, -0.25) is 0 Å². The van der Waals surface area contributed by atoms with Crippen LogP contribution in [0.25, 0.3) is 0 Å². The second kappa shape index (κ2) is 6.07. The highest BCUT2D eigenvalue weighted by Crippen LogP contribution is 2.32. The van der Waals surface area contributed by atoms with Gasteiger partial charge in [0.1, 0.15) is 0 Å². The zero-order valence-electron chi connectivity index (χ0n) is 11.8. The lowest BCUT2D eigenvalue weighted by Crippen LogP contribution is -2.35. The Bertz CT molecular complexity index is 372. The molecule has 0 radical (unpaired) electrons. The van der Waals surface area contributed by atoms with E-state index in [9.17, 15) is 5.11 Å². The van der Waals surface area contributed by atoms with E-state index in [0.29, 0.717) is 11.5 Å². The van der Waals surface area contributed by atoms with Crippen LogP contribution in [0.1, 0.15) is 31.9 Å². The minimum Gasteiger partial charge on any atom is -0.493 e. The van der Waals surface area contributed by atoms with Crippen LogP contribution in [-0.2, 0) is 13.2 Å². The van der Waals surface area contributed by atoms with Crippen LogP contribution in [0.4, 0.5) is 0 Å². The molecule has 1 rings (SSSR count). The van der Waals surface area contributed by atoms with Crippen LogP contribution in [0.5, 0.6) is 11.5 Å². The molecule has 0 heterocycles. The topological polar surface area (TPSA) is 50.7 Å². The fourth-order valence-electron chi connectivity index (χ4n) is 1.69. The first kappa shape index (κ1) is 14.8. The van der Waals surface area contributed by atoms with E-state index in [-0.39, 0.29) is 12.1 Å². The van der Waals surface area contributed by atoms with Gasteiger partial charge in [0.15, 0.2) is 11.5 Å². The van der Waals surface area contributed by atoms with Gasteiger partial charge in [-0.15, -0.1) is 0 Å². The van der Waals surface area contributed by atoms with E-state index >= 15 is 0 Å². The van der Waals surface area contributed by atoms with Crippen molar-refractivity contribution in [3.05, 3.63) is 23.3 Å². The smallest absolute Gasteiger partial charge is 0.166 e. The highest BCUT2D eigenvalue weighted by atomic mass is 16.5. The molecule has 0 saturated carbocycles. The van der Waals surface area contributed by atoms with Gasteiger partial charge in [-0.05, 0) is 38.5 Å². The van der Waals surface area contributed by atoms with Crippen molar-refractivity contribution in [3.8, 4) is 11.5 Å². The first-order chi connectivity index (χ1) is 8.41. The molecule has 0 aromatic heterocycles. The van der Waals surface area contributed by atoms with Gasteiger partial charge in [-0.25, -0.2) is 0 Å². The standard InChI is InChI=1S/C14H23NO3/c1-14(2,3)15-8-10-6-11(9-16)13(18-5)12(7-10)17-4/h6-7,15-16H,8-9H2,1-5H3. The Morgan fingerprint density at radius 3 is 2.28 bits per heavy atom. The SMILES string of the molecule is COc1cc(CNC(C)(C)C)cc(CO)c1OC. The monoisotopic (exact) mass is 253 g/mol. The van der Waals surface area contributed by atoms with E-state index in [1.54, 1.807) is 14.2 Å². The summed E-state index contributed by atoms with van der Waals surface area (Å²) in [5.74, 6) is 1.24. The van der Waals surface area contributed by atoms with Crippen molar-refractivity contribution in [2.24, 2.45) is 0 Å². The first-order valence-electron chi connectivity index (χ1n) is 6.01. The summed E-state index contributed by atoms with van der Waals surface area (Å²) in [4.78, 5) is 0. The van der Waals surface area contributed by atoms with E-state index in [0.717, 1.165) is 17.7 Å². The number of nitrogens with one attached hydrogen (secondary N) is 1. The van der Waals surface area contributed by atoms with Gasteiger partial charge in [0.05, 0.1) is 20.8 Å². The number of methoxy groups -OCH3 is 2. The molecule has 0 unspecified atom stereocenters. The second-order valence-electron chi connectivity index (χ2n) is 5.25. The fraction of sp³-hybridized carbons (Fsp3) is 0.571. The van der Waals surface area contributed by atoms with E-state index in [4.69, 9.17) is 9.47 Å². The summed E-state index contributed by atoms with van der Waals surface area (Å²) < 4.78 is 10.5. The number of aliphatic hydroxyl groups excluding tert-OH is 1. The maximum absolute atomic E-state index is 9.37. The van der Waals surface area contributed by atoms with Crippen molar-refractivity contribution in [2.45, 2.75) is 39.5 Å². The molecule has 18 heavy (non-hydrogen) atoms. The van der Waals surface area contributed by atoms with Crippen molar-refractivity contribution in [3.63, 3.8) is 0 Å². The van der Waals surface area contributed by atoms with Crippen molar-refractivity contribution in [2.75, 3.05) is 14.2 Å². The molecule has 1 aromatic carbocycles. The number of hydrogen-bond donors (Lipinski definition) is 2. The zero-order chi connectivity index (χ0) is 13.8. The second-order valence-corrected chi connectivity index (χ2v) is 5.25. The van der Waals surface area contributed by atoms with Gasteiger partial charge < -0.3 is 19.9 Å². The van der Waals surface area contributed by atoms with Crippen molar-refractivity contribution < 1.29 is 14.6 Å². The van der Waals surface area contributed by atoms with E-state index in [2.05, 4.69) is 26.1 Å². The summed E-state index contributed by atoms with van der Waals surface area (Å²) >= 11 is 0. The van der Waals surface area contributed by atoms with E-state index in [1.165, 1.54) is 0 Å². The average Bonchev–Trinajstić information content (AvgIpc) is 2.33. The van der Waals surface area contributed by atoms with Crippen molar-refractivity contribution >= 4 is 0 Å². The molecule has 0 spiro atoms. The molecule has 0 aliphatic heterocycles. The Balaban J connectivity index is 3.00. The van der Waals surface area contributed by atoms with Crippen molar-refractivity contribution in [1.82, 2.24) is 5.32 Å². The quantitative estimate of drug-likeness (QED) is 0.843.